The first kappa shape index (κ1) is 16.1. The topological polar surface area (TPSA) is 80.7 Å². The van der Waals surface area contributed by atoms with Crippen LogP contribution in [0.5, 0.6) is 5.75 Å². The molecule has 0 unspecified atom stereocenters. The lowest BCUT2D eigenvalue weighted by atomic mass is 9.69. The largest absolute Gasteiger partial charge is 0.496 e. The zero-order chi connectivity index (χ0) is 16.8. The second kappa shape index (κ2) is 5.67. The number of methoxy groups -OCH3 is 1. The predicted octanol–water partition coefficient (Wildman–Crippen LogP) is 2.59. The quantitative estimate of drug-likeness (QED) is 0.917. The lowest BCUT2D eigenvalue weighted by Crippen LogP contribution is -2.34. The van der Waals surface area contributed by atoms with Gasteiger partial charge in [0.1, 0.15) is 5.75 Å². The molecular weight excluding hydrogens is 316 g/mol. The Morgan fingerprint density at radius 2 is 1.96 bits per heavy atom. The molecule has 1 heterocycles. The van der Waals surface area contributed by atoms with Gasteiger partial charge in [-0.1, -0.05) is 23.8 Å². The van der Waals surface area contributed by atoms with Gasteiger partial charge in [-0.3, -0.25) is 4.79 Å². The Kier molecular flexibility index (Phi) is 3.96. The van der Waals surface area contributed by atoms with Gasteiger partial charge in [0.2, 0.25) is 0 Å². The van der Waals surface area contributed by atoms with E-state index in [2.05, 4.69) is 0 Å². The van der Waals surface area contributed by atoms with Crippen molar-refractivity contribution in [2.24, 2.45) is 11.8 Å². The summed E-state index contributed by atoms with van der Waals surface area (Å²) in [7, 11) is -1.74. The second-order valence-corrected chi connectivity index (χ2v) is 8.35. The number of carboxylic acids is 1. The van der Waals surface area contributed by atoms with Crippen LogP contribution in [0.2, 0.25) is 0 Å². The molecule has 0 radical (unpaired) electrons. The van der Waals surface area contributed by atoms with E-state index >= 15 is 0 Å². The van der Waals surface area contributed by atoms with Crippen LogP contribution in [0.25, 0.3) is 0 Å². The van der Waals surface area contributed by atoms with Gasteiger partial charge in [0.15, 0.2) is 9.84 Å². The van der Waals surface area contributed by atoms with Crippen LogP contribution < -0.4 is 4.74 Å². The Balaban J connectivity index is 2.14. The lowest BCUT2D eigenvalue weighted by Gasteiger charge is -2.35. The van der Waals surface area contributed by atoms with Crippen LogP contribution in [0.1, 0.15) is 31.2 Å². The monoisotopic (exact) mass is 336 g/mol. The Morgan fingerprint density at radius 3 is 2.61 bits per heavy atom. The van der Waals surface area contributed by atoms with Gasteiger partial charge in [0.05, 0.1) is 18.8 Å². The van der Waals surface area contributed by atoms with Crippen LogP contribution in [0.15, 0.2) is 34.7 Å². The molecule has 0 amide bonds. The summed E-state index contributed by atoms with van der Waals surface area (Å²) >= 11 is 0. The van der Waals surface area contributed by atoms with Crippen molar-refractivity contribution in [2.45, 2.75) is 25.7 Å². The fraction of sp³-hybridized carbons (Fsp3) is 0.471. The molecule has 1 fully saturated rings. The van der Waals surface area contributed by atoms with Crippen molar-refractivity contribution in [3.63, 3.8) is 0 Å². The van der Waals surface area contributed by atoms with Gasteiger partial charge in [-0.15, -0.1) is 0 Å². The van der Waals surface area contributed by atoms with Gasteiger partial charge in [-0.25, -0.2) is 8.42 Å². The first-order valence-electron chi connectivity index (χ1n) is 7.65. The zero-order valence-corrected chi connectivity index (χ0v) is 14.0. The Bertz CT molecular complexity index is 778. The van der Waals surface area contributed by atoms with Gasteiger partial charge >= 0.3 is 5.97 Å². The van der Waals surface area contributed by atoms with E-state index < -0.39 is 27.6 Å². The number of hydrogen-bond donors (Lipinski definition) is 1. The lowest BCUT2D eigenvalue weighted by molar-refractivity contribution is -0.144. The van der Waals surface area contributed by atoms with E-state index in [9.17, 15) is 18.3 Å². The summed E-state index contributed by atoms with van der Waals surface area (Å²) in [6.07, 6.45) is 0.819. The fourth-order valence-electron chi connectivity index (χ4n) is 4.14. The Morgan fingerprint density at radius 1 is 1.26 bits per heavy atom. The van der Waals surface area contributed by atoms with Crippen LogP contribution in [0.4, 0.5) is 0 Å². The predicted molar refractivity (Wildman–Crippen MR) is 86.1 cm³/mol. The van der Waals surface area contributed by atoms with Crippen LogP contribution in [-0.4, -0.2) is 32.4 Å². The smallest absolute Gasteiger partial charge is 0.307 e. The molecule has 0 aromatic heterocycles. The highest BCUT2D eigenvalue weighted by Gasteiger charge is 2.50. The van der Waals surface area contributed by atoms with E-state index in [0.29, 0.717) is 23.5 Å². The van der Waals surface area contributed by atoms with Crippen molar-refractivity contribution < 1.29 is 23.1 Å². The first-order valence-corrected chi connectivity index (χ1v) is 9.30. The number of fused-ring (bicyclic) bond motifs is 1. The summed E-state index contributed by atoms with van der Waals surface area (Å²) in [6, 6.07) is 7.39. The third-order valence-corrected chi connectivity index (χ3v) is 7.10. The molecule has 1 aromatic rings. The molecule has 3 rings (SSSR count). The number of para-hydroxylation sites is 1. The second-order valence-electron chi connectivity index (χ2n) is 6.28. The minimum Gasteiger partial charge on any atom is -0.496 e. The Hall–Kier alpha value is -1.82. The summed E-state index contributed by atoms with van der Waals surface area (Å²) in [5.41, 5.74) is 1.63. The van der Waals surface area contributed by atoms with Gasteiger partial charge in [-0.2, -0.15) is 0 Å². The van der Waals surface area contributed by atoms with Crippen LogP contribution in [0, 0.1) is 11.8 Å². The molecule has 1 aromatic carbocycles. The molecule has 0 saturated carbocycles. The minimum absolute atomic E-state index is 0.0484. The van der Waals surface area contributed by atoms with Gasteiger partial charge in [-0.05, 0) is 31.4 Å². The molecule has 3 atom stereocenters. The SMILES string of the molecule is COc1ccccc1[C@H]1CC(C)=C2[C@H](CCS2(=O)=O)[C@H]1C(=O)O. The average Bonchev–Trinajstić information content (AvgIpc) is 2.82. The molecule has 0 bridgehead atoms. The van der Waals surface area contributed by atoms with Gasteiger partial charge in [0, 0.05) is 16.7 Å². The van der Waals surface area contributed by atoms with Crippen LogP contribution in [-0.2, 0) is 14.6 Å². The third kappa shape index (κ3) is 2.55. The van der Waals surface area contributed by atoms with Crippen molar-refractivity contribution in [1.82, 2.24) is 0 Å². The fourth-order valence-corrected chi connectivity index (χ4v) is 6.26. The molecule has 2 aliphatic rings. The Labute approximate surface area is 135 Å². The van der Waals surface area contributed by atoms with Crippen LogP contribution in [0.3, 0.4) is 0 Å². The maximum absolute atomic E-state index is 12.3. The van der Waals surface area contributed by atoms with E-state index in [1.54, 1.807) is 7.11 Å². The molecule has 1 aliphatic carbocycles. The standard InChI is InChI=1S/C17H20O5S/c1-10-9-13(11-5-3-4-6-14(11)22-2)15(17(18)19)12-7-8-23(20,21)16(10)12/h3-6,12-13,15H,7-9H2,1-2H3,(H,18,19)/t12-,13-,15-/m1/s1. The highest BCUT2D eigenvalue weighted by molar-refractivity contribution is 7.95. The summed E-state index contributed by atoms with van der Waals surface area (Å²) in [5.74, 6) is -1.67. The molecule has 1 N–H and O–H groups in total. The highest BCUT2D eigenvalue weighted by Crippen LogP contribution is 2.52. The van der Waals surface area contributed by atoms with Crippen molar-refractivity contribution >= 4 is 15.8 Å². The molecule has 23 heavy (non-hydrogen) atoms. The molecule has 6 heteroatoms. The number of sulfone groups is 1. The number of hydrogen-bond acceptors (Lipinski definition) is 4. The van der Waals surface area contributed by atoms with E-state index in [0.717, 1.165) is 11.1 Å². The average molecular weight is 336 g/mol. The van der Waals surface area contributed by atoms with Crippen molar-refractivity contribution in [3.8, 4) is 5.75 Å². The number of rotatable bonds is 3. The summed E-state index contributed by atoms with van der Waals surface area (Å²) in [4.78, 5) is 12.3. The highest BCUT2D eigenvalue weighted by atomic mass is 32.2. The zero-order valence-electron chi connectivity index (χ0n) is 13.2. The third-order valence-electron chi connectivity index (χ3n) is 5.01. The molecule has 1 aliphatic heterocycles. The number of ether oxygens (including phenoxy) is 1. The number of benzene rings is 1. The number of allylic oxidation sites excluding steroid dienone is 2. The molecule has 124 valence electrons. The van der Waals surface area contributed by atoms with E-state index in [4.69, 9.17) is 4.74 Å². The minimum atomic E-state index is -3.30. The van der Waals surface area contributed by atoms with Crippen molar-refractivity contribution in [3.05, 3.63) is 40.3 Å². The van der Waals surface area contributed by atoms with Gasteiger partial charge < -0.3 is 9.84 Å². The summed E-state index contributed by atoms with van der Waals surface area (Å²) in [6.45, 7) is 1.81. The normalized spacial score (nSPS) is 29.2. The van der Waals surface area contributed by atoms with E-state index in [1.165, 1.54) is 0 Å². The summed E-state index contributed by atoms with van der Waals surface area (Å²) < 4.78 is 29.9. The van der Waals surface area contributed by atoms with Gasteiger partial charge in [0.25, 0.3) is 0 Å². The van der Waals surface area contributed by atoms with Crippen molar-refractivity contribution in [2.75, 3.05) is 12.9 Å². The number of carbonyl (C=O) groups is 1. The molecular formula is C17H20O5S. The number of aliphatic carboxylic acids is 1. The summed E-state index contributed by atoms with van der Waals surface area (Å²) in [5, 5.41) is 9.78. The first-order chi connectivity index (χ1) is 10.9. The van der Waals surface area contributed by atoms with E-state index in [-0.39, 0.29) is 11.7 Å². The van der Waals surface area contributed by atoms with Crippen LogP contribution >= 0.6 is 0 Å². The molecule has 1 saturated heterocycles. The maximum Gasteiger partial charge on any atom is 0.307 e. The van der Waals surface area contributed by atoms with E-state index in [1.807, 2.05) is 31.2 Å². The maximum atomic E-state index is 12.3. The number of carboxylic acid groups (broad SMARTS) is 1. The molecule has 5 nitrogen and oxygen atoms in total. The van der Waals surface area contributed by atoms with Crippen molar-refractivity contribution in [1.29, 1.82) is 0 Å². The molecule has 0 spiro atoms.